The highest BCUT2D eigenvalue weighted by Crippen LogP contribution is 2.33. The molecule has 8 heteroatoms. The van der Waals surface area contributed by atoms with Gasteiger partial charge in [-0.1, -0.05) is 6.07 Å². The van der Waals surface area contributed by atoms with Crippen LogP contribution in [0.4, 0.5) is 0 Å². The van der Waals surface area contributed by atoms with Crippen LogP contribution in [0.25, 0.3) is 20.7 Å². The third-order valence-corrected chi connectivity index (χ3v) is 5.95. The molecule has 1 amide bonds. The number of carbonyl (C=O) groups is 1. The molecule has 0 fully saturated rings. The van der Waals surface area contributed by atoms with Gasteiger partial charge >= 0.3 is 0 Å². The minimum Gasteiger partial charge on any atom is -0.348 e. The molecule has 0 bridgehead atoms. The van der Waals surface area contributed by atoms with E-state index in [0.29, 0.717) is 22.7 Å². The molecule has 0 unspecified atom stereocenters. The number of fused-ring (bicyclic) bond motifs is 1. The maximum atomic E-state index is 12.4. The summed E-state index contributed by atoms with van der Waals surface area (Å²) in [6.45, 7) is 0. The van der Waals surface area contributed by atoms with E-state index >= 15 is 0 Å². The van der Waals surface area contributed by atoms with E-state index in [0.717, 1.165) is 15.3 Å². The summed E-state index contributed by atoms with van der Waals surface area (Å²) in [5.74, 6) is 1.55. The predicted octanol–water partition coefficient (Wildman–Crippen LogP) is 3.03. The Morgan fingerprint density at radius 3 is 2.91 bits per heavy atom. The molecule has 0 aliphatic carbocycles. The lowest BCUT2D eigenvalue weighted by Gasteiger charge is -2.09. The predicted molar refractivity (Wildman–Crippen MR) is 98.4 cm³/mol. The fourth-order valence-electron chi connectivity index (χ4n) is 2.04. The lowest BCUT2D eigenvalue weighted by atomic mass is 10.2. The Balaban J connectivity index is 1.83. The molecule has 0 aliphatic rings. The van der Waals surface area contributed by atoms with Gasteiger partial charge in [-0.2, -0.15) is 0 Å². The average Bonchev–Trinajstić information content (AvgIpc) is 3.15. The highest BCUT2D eigenvalue weighted by molar-refractivity contribution is 7.99. The second kappa shape index (κ2) is 6.86. The smallest absolute Gasteiger partial charge is 0.260 e. The van der Waals surface area contributed by atoms with E-state index in [1.165, 1.54) is 23.1 Å². The lowest BCUT2D eigenvalue weighted by Crippen LogP contribution is -2.23. The Hall–Kier alpha value is -1.64. The Morgan fingerprint density at radius 2 is 2.22 bits per heavy atom. The summed E-state index contributed by atoms with van der Waals surface area (Å²) in [4.78, 5) is 34.7. The second-order valence-corrected chi connectivity index (χ2v) is 7.89. The van der Waals surface area contributed by atoms with Crippen LogP contribution in [0.3, 0.4) is 0 Å². The van der Waals surface area contributed by atoms with E-state index in [2.05, 4.69) is 9.97 Å². The monoisotopic (exact) mass is 365 g/mol. The average molecular weight is 366 g/mol. The van der Waals surface area contributed by atoms with Gasteiger partial charge in [0.2, 0.25) is 5.91 Å². The number of carbonyl (C=O) groups excluding carboxylic acids is 1. The molecule has 5 nitrogen and oxygen atoms in total. The van der Waals surface area contributed by atoms with Crippen LogP contribution in [-0.2, 0) is 10.5 Å². The summed E-state index contributed by atoms with van der Waals surface area (Å²) in [7, 11) is 3.46. The quantitative estimate of drug-likeness (QED) is 0.755. The minimum atomic E-state index is -0.116. The highest BCUT2D eigenvalue weighted by Gasteiger charge is 2.14. The van der Waals surface area contributed by atoms with Crippen LogP contribution < -0.4 is 5.56 Å². The van der Waals surface area contributed by atoms with Crippen molar-refractivity contribution >= 4 is 50.6 Å². The number of aromatic nitrogens is 2. The fourth-order valence-corrected chi connectivity index (χ4v) is 4.69. The number of H-pyrrole nitrogens is 1. The first kappa shape index (κ1) is 16.2. The van der Waals surface area contributed by atoms with E-state index in [1.54, 1.807) is 30.3 Å². The summed E-state index contributed by atoms with van der Waals surface area (Å²) in [6.07, 6.45) is 0. The number of hydrogen-bond donors (Lipinski definition) is 1. The number of thiophene rings is 2. The summed E-state index contributed by atoms with van der Waals surface area (Å²) >= 11 is 4.53. The molecule has 120 valence electrons. The standard InChI is InChI=1S/C15H15N3O2S3/c1-18(2)12(19)8-21-7-11-16-14(20)13-9(6-23-15(13)17-11)10-4-3-5-22-10/h3-6H,7-8H2,1-2H3,(H,16,17,20). The van der Waals surface area contributed by atoms with Crippen LogP contribution in [0, 0.1) is 0 Å². The molecule has 0 aliphatic heterocycles. The van der Waals surface area contributed by atoms with Crippen molar-refractivity contribution in [2.75, 3.05) is 19.8 Å². The fraction of sp³-hybridized carbons (Fsp3) is 0.267. The first-order valence-electron chi connectivity index (χ1n) is 6.88. The van der Waals surface area contributed by atoms with Crippen molar-refractivity contribution in [3.63, 3.8) is 0 Å². The van der Waals surface area contributed by atoms with Crippen LogP contribution in [0.15, 0.2) is 27.7 Å². The maximum Gasteiger partial charge on any atom is 0.260 e. The Morgan fingerprint density at radius 1 is 1.39 bits per heavy atom. The number of hydrogen-bond acceptors (Lipinski definition) is 6. The molecule has 0 saturated heterocycles. The Labute approximate surface area is 145 Å². The van der Waals surface area contributed by atoms with E-state index in [1.807, 2.05) is 22.9 Å². The Kier molecular flexibility index (Phi) is 4.84. The number of aromatic amines is 1. The number of amides is 1. The van der Waals surface area contributed by atoms with Crippen molar-refractivity contribution in [3.8, 4) is 10.4 Å². The molecule has 0 spiro atoms. The molecule has 0 saturated carbocycles. The third kappa shape index (κ3) is 3.49. The molecule has 1 N–H and O–H groups in total. The van der Waals surface area contributed by atoms with Crippen molar-refractivity contribution in [3.05, 3.63) is 39.1 Å². The van der Waals surface area contributed by atoms with Crippen molar-refractivity contribution < 1.29 is 4.79 Å². The van der Waals surface area contributed by atoms with Crippen LogP contribution in [0.5, 0.6) is 0 Å². The van der Waals surface area contributed by atoms with Gasteiger partial charge in [0.25, 0.3) is 5.56 Å². The SMILES string of the molecule is CN(C)C(=O)CSCc1nc2scc(-c3cccs3)c2c(=O)[nH]1. The zero-order chi connectivity index (χ0) is 16.4. The molecular weight excluding hydrogens is 350 g/mol. The first-order valence-corrected chi connectivity index (χ1v) is 9.80. The minimum absolute atomic E-state index is 0.0505. The molecule has 0 radical (unpaired) electrons. The van der Waals surface area contributed by atoms with Gasteiger partial charge in [-0.25, -0.2) is 4.98 Å². The molecule has 3 aromatic rings. The number of rotatable bonds is 5. The van der Waals surface area contributed by atoms with Gasteiger partial charge in [0.1, 0.15) is 10.7 Å². The topological polar surface area (TPSA) is 66.1 Å². The van der Waals surface area contributed by atoms with Gasteiger partial charge in [-0.05, 0) is 11.4 Å². The zero-order valence-corrected chi connectivity index (χ0v) is 15.1. The maximum absolute atomic E-state index is 12.4. The molecular formula is C15H15N3O2S3. The highest BCUT2D eigenvalue weighted by atomic mass is 32.2. The number of nitrogens with zero attached hydrogens (tertiary/aromatic N) is 2. The Bertz CT molecular complexity index is 881. The van der Waals surface area contributed by atoms with Gasteiger partial charge in [0, 0.05) is 29.9 Å². The van der Waals surface area contributed by atoms with Gasteiger partial charge < -0.3 is 9.88 Å². The molecule has 0 aromatic carbocycles. The van der Waals surface area contributed by atoms with Crippen molar-refractivity contribution in [1.82, 2.24) is 14.9 Å². The summed E-state index contributed by atoms with van der Waals surface area (Å²) < 4.78 is 0. The second-order valence-electron chi connectivity index (χ2n) is 5.10. The van der Waals surface area contributed by atoms with Gasteiger partial charge in [-0.15, -0.1) is 34.4 Å². The van der Waals surface area contributed by atoms with E-state index in [9.17, 15) is 9.59 Å². The lowest BCUT2D eigenvalue weighted by molar-refractivity contribution is -0.125. The van der Waals surface area contributed by atoms with Gasteiger partial charge in [0.05, 0.1) is 16.9 Å². The van der Waals surface area contributed by atoms with Crippen LogP contribution in [0.2, 0.25) is 0 Å². The van der Waals surface area contributed by atoms with Crippen molar-refractivity contribution in [1.29, 1.82) is 0 Å². The first-order chi connectivity index (χ1) is 11.1. The summed E-state index contributed by atoms with van der Waals surface area (Å²) in [6, 6.07) is 3.97. The van der Waals surface area contributed by atoms with Crippen molar-refractivity contribution in [2.45, 2.75) is 5.75 Å². The van der Waals surface area contributed by atoms with Crippen LogP contribution >= 0.6 is 34.4 Å². The molecule has 3 heterocycles. The largest absolute Gasteiger partial charge is 0.348 e. The molecule has 3 aromatic heterocycles. The van der Waals surface area contributed by atoms with E-state index in [4.69, 9.17) is 0 Å². The van der Waals surface area contributed by atoms with Crippen LogP contribution in [0.1, 0.15) is 5.82 Å². The summed E-state index contributed by atoms with van der Waals surface area (Å²) in [5, 5.41) is 4.62. The van der Waals surface area contributed by atoms with Gasteiger partial charge in [-0.3, -0.25) is 9.59 Å². The summed E-state index contributed by atoms with van der Waals surface area (Å²) in [5.41, 5.74) is 0.824. The van der Waals surface area contributed by atoms with E-state index < -0.39 is 0 Å². The third-order valence-electron chi connectivity index (χ3n) is 3.24. The number of thioether (sulfide) groups is 1. The van der Waals surface area contributed by atoms with Crippen molar-refractivity contribution in [2.24, 2.45) is 0 Å². The number of nitrogens with one attached hydrogen (secondary N) is 1. The van der Waals surface area contributed by atoms with Crippen LogP contribution in [-0.4, -0.2) is 40.6 Å². The molecule has 0 atom stereocenters. The zero-order valence-electron chi connectivity index (χ0n) is 12.7. The normalized spacial score (nSPS) is 11.0. The van der Waals surface area contributed by atoms with E-state index in [-0.39, 0.29) is 11.5 Å². The molecule has 23 heavy (non-hydrogen) atoms. The molecule has 3 rings (SSSR count). The van der Waals surface area contributed by atoms with Gasteiger partial charge in [0.15, 0.2) is 0 Å².